The van der Waals surface area contributed by atoms with Crippen molar-refractivity contribution in [2.75, 3.05) is 0 Å². The molecule has 0 bridgehead atoms. The van der Waals surface area contributed by atoms with Crippen LogP contribution in [0.25, 0.3) is 22.4 Å². The van der Waals surface area contributed by atoms with Gasteiger partial charge in [0.05, 0.1) is 11.1 Å². The fourth-order valence-electron chi connectivity index (χ4n) is 2.95. The van der Waals surface area contributed by atoms with Crippen LogP contribution in [-0.2, 0) is 0 Å². The van der Waals surface area contributed by atoms with E-state index >= 15 is 0 Å². The second kappa shape index (κ2) is 5.93. The van der Waals surface area contributed by atoms with Crippen LogP contribution in [0.4, 0.5) is 0 Å². The van der Waals surface area contributed by atoms with Gasteiger partial charge in [0.25, 0.3) is 11.1 Å². The smallest absolute Gasteiger partial charge is 0.268 e. The van der Waals surface area contributed by atoms with Crippen molar-refractivity contribution >= 4 is 32.6 Å². The van der Waals surface area contributed by atoms with E-state index in [9.17, 15) is 14.9 Å². The Labute approximate surface area is 155 Å². The third-order valence-electron chi connectivity index (χ3n) is 4.18. The Morgan fingerprint density at radius 2 is 1.88 bits per heavy atom. The molecule has 126 valence electrons. The minimum atomic E-state index is -0.511. The van der Waals surface area contributed by atoms with Crippen molar-refractivity contribution in [1.82, 2.24) is 14.0 Å². The van der Waals surface area contributed by atoms with Gasteiger partial charge in [-0.3, -0.25) is 18.6 Å². The number of rotatable bonds is 1. The van der Waals surface area contributed by atoms with Gasteiger partial charge in [-0.05, 0) is 42.8 Å². The van der Waals surface area contributed by atoms with Crippen molar-refractivity contribution in [2.24, 2.45) is 0 Å². The van der Waals surface area contributed by atoms with Gasteiger partial charge in [-0.1, -0.05) is 28.1 Å². The first-order chi connectivity index (χ1) is 12.5. The monoisotopic (exact) mass is 406 g/mol. The predicted molar refractivity (Wildman–Crippen MR) is 102 cm³/mol. The average Bonchev–Trinajstić information content (AvgIpc) is 2.62. The third kappa shape index (κ3) is 2.35. The molecule has 0 aliphatic carbocycles. The first-order valence-corrected chi connectivity index (χ1v) is 8.54. The van der Waals surface area contributed by atoms with Crippen LogP contribution in [-0.4, -0.2) is 14.0 Å². The van der Waals surface area contributed by atoms with Gasteiger partial charge in [-0.2, -0.15) is 5.26 Å². The van der Waals surface area contributed by atoms with Gasteiger partial charge in [-0.15, -0.1) is 0 Å². The maximum absolute atomic E-state index is 13.0. The second-order valence-electron chi connectivity index (χ2n) is 5.83. The second-order valence-corrected chi connectivity index (χ2v) is 6.74. The van der Waals surface area contributed by atoms with E-state index in [0.717, 1.165) is 10.0 Å². The number of benzene rings is 1. The molecule has 0 fully saturated rings. The van der Waals surface area contributed by atoms with Crippen LogP contribution >= 0.6 is 15.9 Å². The summed E-state index contributed by atoms with van der Waals surface area (Å²) in [5.41, 5.74) is 1.09. The van der Waals surface area contributed by atoms with E-state index in [-0.39, 0.29) is 22.2 Å². The van der Waals surface area contributed by atoms with Gasteiger partial charge in [-0.25, -0.2) is 4.98 Å². The molecular formula is C19H11BrN4O2. The number of aryl methyl sites for hydroxylation is 1. The molecule has 0 spiro atoms. The molecule has 0 amide bonds. The Kier molecular flexibility index (Phi) is 3.71. The van der Waals surface area contributed by atoms with E-state index in [4.69, 9.17) is 0 Å². The van der Waals surface area contributed by atoms with Gasteiger partial charge in [0, 0.05) is 10.7 Å². The molecule has 0 radical (unpaired) electrons. The van der Waals surface area contributed by atoms with Crippen molar-refractivity contribution in [2.45, 2.75) is 6.92 Å². The maximum atomic E-state index is 13.0. The molecule has 26 heavy (non-hydrogen) atoms. The van der Waals surface area contributed by atoms with Crippen molar-refractivity contribution < 1.29 is 0 Å². The summed E-state index contributed by atoms with van der Waals surface area (Å²) >= 11 is 3.38. The van der Waals surface area contributed by atoms with E-state index in [0.29, 0.717) is 11.3 Å². The normalized spacial score (nSPS) is 11.0. The summed E-state index contributed by atoms with van der Waals surface area (Å²) in [6.07, 6.45) is 1.62. The lowest BCUT2D eigenvalue weighted by molar-refractivity contribution is 0.979. The molecular weight excluding hydrogens is 396 g/mol. The number of pyridine rings is 2. The van der Waals surface area contributed by atoms with E-state index in [2.05, 4.69) is 20.9 Å². The lowest BCUT2D eigenvalue weighted by Gasteiger charge is -2.12. The van der Waals surface area contributed by atoms with Gasteiger partial charge in [0.1, 0.15) is 17.3 Å². The molecule has 4 rings (SSSR count). The Hall–Kier alpha value is -3.24. The molecule has 3 heterocycles. The summed E-state index contributed by atoms with van der Waals surface area (Å²) in [7, 11) is 0. The van der Waals surface area contributed by atoms with Crippen LogP contribution < -0.4 is 11.1 Å². The Bertz CT molecular complexity index is 1360. The van der Waals surface area contributed by atoms with Crippen LogP contribution in [0.5, 0.6) is 0 Å². The summed E-state index contributed by atoms with van der Waals surface area (Å²) in [5, 5.41) is 9.56. The minimum absolute atomic E-state index is 0.107. The van der Waals surface area contributed by atoms with Crippen molar-refractivity contribution in [3.8, 4) is 11.8 Å². The van der Waals surface area contributed by atoms with Gasteiger partial charge >= 0.3 is 0 Å². The number of nitriles is 1. The maximum Gasteiger partial charge on any atom is 0.274 e. The number of halogens is 1. The predicted octanol–water partition coefficient (Wildman–Crippen LogP) is 2.94. The number of aromatic nitrogens is 3. The number of hydrogen-bond acceptors (Lipinski definition) is 4. The van der Waals surface area contributed by atoms with Gasteiger partial charge < -0.3 is 0 Å². The van der Waals surface area contributed by atoms with Crippen LogP contribution in [0.3, 0.4) is 0 Å². The standard InChI is InChI=1S/C19H11BrN4O2/c1-11-4-3-7-23-16(11)22-17-15(19(23)26)8-12(10-21)18(25)24(17)14-6-2-5-13(20)9-14/h2-9H,1H3. The van der Waals surface area contributed by atoms with Gasteiger partial charge in [0.2, 0.25) is 0 Å². The summed E-state index contributed by atoms with van der Waals surface area (Å²) in [5.74, 6) is 0. The minimum Gasteiger partial charge on any atom is -0.268 e. The first-order valence-electron chi connectivity index (χ1n) is 7.75. The molecule has 0 N–H and O–H groups in total. The highest BCUT2D eigenvalue weighted by molar-refractivity contribution is 9.10. The molecule has 4 aromatic rings. The summed E-state index contributed by atoms with van der Waals surface area (Å²) in [4.78, 5) is 30.4. The lowest BCUT2D eigenvalue weighted by atomic mass is 10.2. The SMILES string of the molecule is Cc1cccn2c(=O)c3cc(C#N)c(=O)n(-c4cccc(Br)c4)c3nc12. The molecule has 0 aliphatic rings. The zero-order chi connectivity index (χ0) is 18.4. The van der Waals surface area contributed by atoms with E-state index < -0.39 is 5.56 Å². The molecule has 0 unspecified atom stereocenters. The van der Waals surface area contributed by atoms with Crippen LogP contribution in [0.1, 0.15) is 11.1 Å². The van der Waals surface area contributed by atoms with E-state index in [1.807, 2.05) is 25.1 Å². The molecule has 6 nitrogen and oxygen atoms in total. The average molecular weight is 407 g/mol. The van der Waals surface area contributed by atoms with E-state index in [1.54, 1.807) is 30.5 Å². The Morgan fingerprint density at radius 3 is 2.62 bits per heavy atom. The zero-order valence-corrected chi connectivity index (χ0v) is 15.2. The van der Waals surface area contributed by atoms with Crippen LogP contribution in [0.15, 0.2) is 62.7 Å². The number of fused-ring (bicyclic) bond motifs is 2. The fourth-order valence-corrected chi connectivity index (χ4v) is 3.34. The zero-order valence-electron chi connectivity index (χ0n) is 13.6. The molecule has 0 aliphatic heterocycles. The van der Waals surface area contributed by atoms with Crippen LogP contribution in [0.2, 0.25) is 0 Å². The molecule has 0 saturated carbocycles. The topological polar surface area (TPSA) is 80.2 Å². The highest BCUT2D eigenvalue weighted by Crippen LogP contribution is 2.19. The fraction of sp³-hybridized carbons (Fsp3) is 0.0526. The lowest BCUT2D eigenvalue weighted by Crippen LogP contribution is -2.26. The summed E-state index contributed by atoms with van der Waals surface area (Å²) in [6, 6.07) is 13.9. The van der Waals surface area contributed by atoms with Gasteiger partial charge in [0.15, 0.2) is 5.65 Å². The molecule has 1 aromatic carbocycles. The third-order valence-corrected chi connectivity index (χ3v) is 4.68. The Balaban J connectivity index is 2.30. The molecule has 7 heteroatoms. The largest absolute Gasteiger partial charge is 0.274 e. The van der Waals surface area contributed by atoms with E-state index in [1.165, 1.54) is 15.0 Å². The first kappa shape index (κ1) is 16.2. The van der Waals surface area contributed by atoms with Crippen molar-refractivity contribution in [3.63, 3.8) is 0 Å². The Morgan fingerprint density at radius 1 is 1.08 bits per heavy atom. The summed E-state index contributed by atoms with van der Waals surface area (Å²) in [6.45, 7) is 1.85. The van der Waals surface area contributed by atoms with Crippen molar-refractivity contribution in [1.29, 1.82) is 5.26 Å². The summed E-state index contributed by atoms with van der Waals surface area (Å²) < 4.78 is 3.51. The number of nitrogens with zero attached hydrogens (tertiary/aromatic N) is 4. The van der Waals surface area contributed by atoms with Crippen LogP contribution in [0, 0.1) is 18.3 Å². The molecule has 0 saturated heterocycles. The van der Waals surface area contributed by atoms with Crippen molar-refractivity contribution in [3.05, 3.63) is 85.0 Å². The molecule has 3 aromatic heterocycles. The highest BCUT2D eigenvalue weighted by Gasteiger charge is 2.16. The highest BCUT2D eigenvalue weighted by atomic mass is 79.9. The quantitative estimate of drug-likeness (QED) is 0.455. The molecule has 0 atom stereocenters. The number of hydrogen-bond donors (Lipinski definition) is 0.